The third-order valence-corrected chi connectivity index (χ3v) is 6.75. The number of aryl methyl sites for hydroxylation is 1. The van der Waals surface area contributed by atoms with Crippen molar-refractivity contribution in [3.63, 3.8) is 0 Å². The maximum absolute atomic E-state index is 13.5. The summed E-state index contributed by atoms with van der Waals surface area (Å²) in [7, 11) is 0. The van der Waals surface area contributed by atoms with E-state index in [1.54, 1.807) is 11.8 Å². The van der Waals surface area contributed by atoms with Gasteiger partial charge in [-0.2, -0.15) is 16.8 Å². The van der Waals surface area contributed by atoms with Gasteiger partial charge in [-0.05, 0) is 35.6 Å². The van der Waals surface area contributed by atoms with Crippen LogP contribution in [0.1, 0.15) is 17.0 Å². The minimum Gasteiger partial charge on any atom is -0.316 e. The molecule has 152 valence electrons. The molecule has 0 aliphatic heterocycles. The number of hydrogen-bond acceptors (Lipinski definition) is 3. The van der Waals surface area contributed by atoms with Crippen molar-refractivity contribution in [1.82, 2.24) is 4.57 Å². The van der Waals surface area contributed by atoms with Gasteiger partial charge in [0.25, 0.3) is 5.91 Å². The lowest BCUT2D eigenvalue weighted by atomic mass is 9.91. The maximum atomic E-state index is 13.5. The van der Waals surface area contributed by atoms with Crippen LogP contribution in [0.5, 0.6) is 0 Å². The second-order valence-corrected chi connectivity index (χ2v) is 9.28. The summed E-state index contributed by atoms with van der Waals surface area (Å²) in [5.41, 5.74) is 2.94. The first-order valence-corrected chi connectivity index (χ1v) is 12.2. The third kappa shape index (κ3) is 4.53. The number of fused-ring (bicyclic) bond motifs is 1. The summed E-state index contributed by atoms with van der Waals surface area (Å²) in [5.74, 6) is 0.342. The van der Waals surface area contributed by atoms with Gasteiger partial charge in [0.05, 0.1) is 16.1 Å². The number of aromatic nitrogens is 1. The zero-order valence-electron chi connectivity index (χ0n) is 16.5. The zero-order valence-corrected chi connectivity index (χ0v) is 18.9. The lowest BCUT2D eigenvalue weighted by Gasteiger charge is -2.14. The Morgan fingerprint density at radius 1 is 1.03 bits per heavy atom. The van der Waals surface area contributed by atoms with Crippen molar-refractivity contribution in [1.29, 1.82) is 0 Å². The molecule has 0 N–H and O–H groups in total. The summed E-state index contributed by atoms with van der Waals surface area (Å²) in [6, 6.07) is 25.5. The number of halogens is 1. The summed E-state index contributed by atoms with van der Waals surface area (Å²) in [4.78, 5) is 18.8. The van der Waals surface area contributed by atoms with Gasteiger partial charge >= 0.3 is 0 Å². The molecule has 6 heteroatoms. The highest BCUT2D eigenvalue weighted by Crippen LogP contribution is 2.27. The van der Waals surface area contributed by atoms with Crippen LogP contribution in [0.2, 0.25) is 5.02 Å². The average molecular weight is 453 g/mol. The molecule has 0 saturated heterocycles. The predicted molar refractivity (Wildman–Crippen MR) is 129 cm³/mol. The molecule has 4 rings (SSSR count). The number of thioether (sulfide) groups is 1. The lowest BCUT2D eigenvalue weighted by molar-refractivity contribution is -0.118. The van der Waals surface area contributed by atoms with E-state index in [2.05, 4.69) is 15.8 Å². The molecule has 3 nitrogen and oxygen atoms in total. The average Bonchev–Trinajstić information content (AvgIpc) is 3.09. The van der Waals surface area contributed by atoms with Crippen LogP contribution in [-0.2, 0) is 11.3 Å². The molecule has 0 saturated carbocycles. The molecule has 1 aromatic heterocycles. The molecule has 1 amide bonds. The summed E-state index contributed by atoms with van der Waals surface area (Å²) in [6.45, 7) is 0.788. The smallest absolute Gasteiger partial charge is 0.260 e. The molecule has 1 heterocycles. The second kappa shape index (κ2) is 9.65. The molecular weight excluding hydrogens is 432 g/mol. The monoisotopic (exact) mass is 452 g/mol. The van der Waals surface area contributed by atoms with Gasteiger partial charge in [0.2, 0.25) is 0 Å². The van der Waals surface area contributed by atoms with Crippen molar-refractivity contribution in [2.75, 3.05) is 12.0 Å². The fourth-order valence-corrected chi connectivity index (χ4v) is 5.16. The summed E-state index contributed by atoms with van der Waals surface area (Å²) >= 11 is 9.47. The van der Waals surface area contributed by atoms with Gasteiger partial charge in [-0.3, -0.25) is 4.79 Å². The summed E-state index contributed by atoms with van der Waals surface area (Å²) in [5, 5.41) is 0.685. The van der Waals surface area contributed by atoms with E-state index < -0.39 is 5.92 Å². The molecule has 3 aromatic carbocycles. The second-order valence-electron chi connectivity index (χ2n) is 6.85. The highest BCUT2D eigenvalue weighted by molar-refractivity contribution is 7.98. The van der Waals surface area contributed by atoms with Crippen LogP contribution in [0.4, 0.5) is 0 Å². The third-order valence-electron chi connectivity index (χ3n) is 4.88. The quantitative estimate of drug-likeness (QED) is 0.360. The Morgan fingerprint density at radius 3 is 2.27 bits per heavy atom. The van der Waals surface area contributed by atoms with E-state index in [1.807, 2.05) is 78.9 Å². The molecule has 0 fully saturated rings. The Labute approximate surface area is 189 Å². The summed E-state index contributed by atoms with van der Waals surface area (Å²) in [6.07, 6.45) is 2.08. The molecular formula is C24H21ClN2OS2. The number of nitrogens with zero attached hydrogens (tertiary/aromatic N) is 2. The van der Waals surface area contributed by atoms with Crippen LogP contribution in [-0.4, -0.2) is 22.5 Å². The minimum atomic E-state index is -0.435. The first-order valence-electron chi connectivity index (χ1n) is 9.63. The molecule has 0 spiro atoms. The van der Waals surface area contributed by atoms with Crippen LogP contribution in [0.15, 0.2) is 83.9 Å². The highest BCUT2D eigenvalue weighted by atomic mass is 35.5. The zero-order chi connectivity index (χ0) is 20.9. The van der Waals surface area contributed by atoms with Crippen molar-refractivity contribution in [2.24, 2.45) is 4.99 Å². The van der Waals surface area contributed by atoms with Gasteiger partial charge < -0.3 is 4.57 Å². The fraction of sp³-hybridized carbons (Fsp3) is 0.167. The van der Waals surface area contributed by atoms with Crippen LogP contribution in [0.3, 0.4) is 0 Å². The number of carbonyl (C=O) groups excluding carboxylic acids is 1. The van der Waals surface area contributed by atoms with Gasteiger partial charge in [-0.15, -0.1) is 0 Å². The van der Waals surface area contributed by atoms with Gasteiger partial charge in [0, 0.05) is 17.3 Å². The number of carbonyl (C=O) groups is 1. The van der Waals surface area contributed by atoms with Gasteiger partial charge in [0.1, 0.15) is 0 Å². The van der Waals surface area contributed by atoms with Crippen LogP contribution in [0.25, 0.3) is 10.2 Å². The molecule has 0 aliphatic rings. The normalized spacial score (nSPS) is 12.0. The predicted octanol–water partition coefficient (Wildman–Crippen LogP) is 5.98. The Kier molecular flexibility index (Phi) is 6.72. The molecule has 0 bridgehead atoms. The van der Waals surface area contributed by atoms with E-state index in [4.69, 9.17) is 11.6 Å². The number of hydrogen-bond donors (Lipinski definition) is 0. The molecule has 4 aromatic rings. The standard InChI is InChI=1S/C24H21ClN2OS2/c1-29-15-14-27-20-13-12-19(25)16-21(20)30-24(27)26-23(28)22(17-8-4-2-5-9-17)18-10-6-3-7-11-18/h2-13,16,22H,14-15H2,1H3. The van der Waals surface area contributed by atoms with E-state index >= 15 is 0 Å². The van der Waals surface area contributed by atoms with Crippen molar-refractivity contribution < 1.29 is 4.79 Å². The fourth-order valence-electron chi connectivity index (χ4n) is 3.46. The molecule has 30 heavy (non-hydrogen) atoms. The van der Waals surface area contributed by atoms with E-state index in [1.165, 1.54) is 11.3 Å². The van der Waals surface area contributed by atoms with Crippen molar-refractivity contribution >= 4 is 50.8 Å². The first-order chi connectivity index (χ1) is 14.7. The van der Waals surface area contributed by atoms with E-state index in [0.29, 0.717) is 9.82 Å². The Balaban J connectivity index is 1.84. The number of amides is 1. The van der Waals surface area contributed by atoms with Crippen LogP contribution < -0.4 is 4.80 Å². The Morgan fingerprint density at radius 2 is 1.67 bits per heavy atom. The van der Waals surface area contributed by atoms with Crippen LogP contribution in [0, 0.1) is 0 Å². The molecule has 0 unspecified atom stereocenters. The van der Waals surface area contributed by atoms with Crippen LogP contribution >= 0.6 is 34.7 Å². The number of thiazole rings is 1. The van der Waals surface area contributed by atoms with Crippen molar-refractivity contribution in [2.45, 2.75) is 12.5 Å². The SMILES string of the molecule is CSCCn1c(=NC(=O)C(c2ccccc2)c2ccccc2)sc2cc(Cl)ccc21. The van der Waals surface area contributed by atoms with Crippen molar-refractivity contribution in [3.8, 4) is 0 Å². The van der Waals surface area contributed by atoms with E-state index in [9.17, 15) is 4.79 Å². The van der Waals surface area contributed by atoms with Gasteiger partial charge in [-0.25, -0.2) is 0 Å². The van der Waals surface area contributed by atoms with E-state index in [0.717, 1.165) is 33.6 Å². The highest BCUT2D eigenvalue weighted by Gasteiger charge is 2.22. The summed E-state index contributed by atoms with van der Waals surface area (Å²) < 4.78 is 3.16. The number of rotatable bonds is 6. The maximum Gasteiger partial charge on any atom is 0.260 e. The van der Waals surface area contributed by atoms with E-state index in [-0.39, 0.29) is 5.91 Å². The first kappa shape index (κ1) is 20.9. The molecule has 0 atom stereocenters. The van der Waals surface area contributed by atoms with Gasteiger partial charge in [-0.1, -0.05) is 83.6 Å². The van der Waals surface area contributed by atoms with Crippen molar-refractivity contribution in [3.05, 3.63) is 99.8 Å². The number of benzene rings is 3. The molecule has 0 aliphatic carbocycles. The Hall–Kier alpha value is -2.34. The topological polar surface area (TPSA) is 34.4 Å². The minimum absolute atomic E-state index is 0.164. The van der Waals surface area contributed by atoms with Gasteiger partial charge in [0.15, 0.2) is 4.80 Å². The Bertz CT molecular complexity index is 1180. The largest absolute Gasteiger partial charge is 0.316 e. The lowest BCUT2D eigenvalue weighted by Crippen LogP contribution is -2.21. The molecule has 0 radical (unpaired) electrons.